The predicted octanol–water partition coefficient (Wildman–Crippen LogP) is 2.18. The highest BCUT2D eigenvalue weighted by molar-refractivity contribution is 6.31. The molecule has 2 fully saturated rings. The fourth-order valence-corrected chi connectivity index (χ4v) is 4.34. The van der Waals surface area contributed by atoms with Gasteiger partial charge in [0.2, 0.25) is 0 Å². The van der Waals surface area contributed by atoms with Crippen LogP contribution in [0.1, 0.15) is 0 Å². The van der Waals surface area contributed by atoms with E-state index in [1.807, 2.05) is 18.2 Å². The largest absolute Gasteiger partial charge is 0.396 e. The number of piperazine rings is 1. The zero-order valence-corrected chi connectivity index (χ0v) is 16.1. The standard InChI is InChI=1S/C20H27ClN4O/c1-23-6-8-24(9-7-23)11-16-12-25(13-17(16)14-26)20-5-2-15-10-18(21)3-4-19(15)22-20/h2-5,10,16-17,26H,6-9,11-14H2,1H3/t16-,17-/m1/s1. The molecule has 1 aromatic heterocycles. The molecular weight excluding hydrogens is 348 g/mol. The Hall–Kier alpha value is -1.40. The fraction of sp³-hybridized carbons (Fsp3) is 0.550. The molecule has 2 saturated heterocycles. The van der Waals surface area contributed by atoms with Crippen LogP contribution in [0.15, 0.2) is 30.3 Å². The summed E-state index contributed by atoms with van der Waals surface area (Å²) < 4.78 is 0. The van der Waals surface area contributed by atoms with Gasteiger partial charge in [0.05, 0.1) is 5.52 Å². The Morgan fingerprint density at radius 1 is 1.08 bits per heavy atom. The second-order valence-electron chi connectivity index (χ2n) is 7.72. The van der Waals surface area contributed by atoms with Gasteiger partial charge in [-0.2, -0.15) is 0 Å². The van der Waals surface area contributed by atoms with E-state index in [1.165, 1.54) is 0 Å². The van der Waals surface area contributed by atoms with Gasteiger partial charge >= 0.3 is 0 Å². The molecule has 6 heteroatoms. The number of hydrogen-bond acceptors (Lipinski definition) is 5. The van der Waals surface area contributed by atoms with Crippen molar-refractivity contribution in [3.8, 4) is 0 Å². The van der Waals surface area contributed by atoms with E-state index < -0.39 is 0 Å². The maximum Gasteiger partial charge on any atom is 0.129 e. The zero-order chi connectivity index (χ0) is 18.1. The highest BCUT2D eigenvalue weighted by Gasteiger charge is 2.34. The molecule has 0 saturated carbocycles. The maximum absolute atomic E-state index is 9.89. The van der Waals surface area contributed by atoms with Crippen molar-refractivity contribution in [1.82, 2.24) is 14.8 Å². The molecule has 2 aliphatic heterocycles. The van der Waals surface area contributed by atoms with Crippen molar-refractivity contribution < 1.29 is 5.11 Å². The zero-order valence-electron chi connectivity index (χ0n) is 15.3. The van der Waals surface area contributed by atoms with Gasteiger partial charge in [-0.25, -0.2) is 4.98 Å². The normalized spacial score (nSPS) is 25.3. The number of aliphatic hydroxyl groups excluding tert-OH is 1. The van der Waals surface area contributed by atoms with E-state index in [0.717, 1.165) is 67.6 Å². The minimum absolute atomic E-state index is 0.248. The molecule has 0 unspecified atom stereocenters. The van der Waals surface area contributed by atoms with Gasteiger partial charge in [-0.05, 0) is 43.3 Å². The third kappa shape index (κ3) is 3.81. The van der Waals surface area contributed by atoms with Crippen LogP contribution in [0.3, 0.4) is 0 Å². The Kier molecular flexibility index (Phi) is 5.32. The van der Waals surface area contributed by atoms with Crippen LogP contribution < -0.4 is 4.90 Å². The van der Waals surface area contributed by atoms with Crippen LogP contribution in [0, 0.1) is 11.8 Å². The summed E-state index contributed by atoms with van der Waals surface area (Å²) in [7, 11) is 2.18. The first kappa shape index (κ1) is 18.0. The molecule has 0 radical (unpaired) electrons. The number of rotatable bonds is 4. The number of fused-ring (bicyclic) bond motifs is 1. The number of anilines is 1. The smallest absolute Gasteiger partial charge is 0.129 e. The minimum atomic E-state index is 0.248. The van der Waals surface area contributed by atoms with Gasteiger partial charge in [-0.15, -0.1) is 0 Å². The molecule has 0 bridgehead atoms. The molecule has 0 spiro atoms. The van der Waals surface area contributed by atoms with E-state index in [-0.39, 0.29) is 6.61 Å². The number of hydrogen-bond donors (Lipinski definition) is 1. The monoisotopic (exact) mass is 374 g/mol. The Morgan fingerprint density at radius 2 is 1.85 bits per heavy atom. The second kappa shape index (κ2) is 7.69. The van der Waals surface area contributed by atoms with Crippen molar-refractivity contribution in [2.75, 3.05) is 64.4 Å². The Balaban J connectivity index is 1.47. The molecule has 3 heterocycles. The predicted molar refractivity (Wildman–Crippen MR) is 107 cm³/mol. The highest BCUT2D eigenvalue weighted by Crippen LogP contribution is 2.29. The van der Waals surface area contributed by atoms with Crippen molar-refractivity contribution in [2.24, 2.45) is 11.8 Å². The Bertz CT molecular complexity index is 763. The highest BCUT2D eigenvalue weighted by atomic mass is 35.5. The van der Waals surface area contributed by atoms with Crippen molar-refractivity contribution in [3.05, 3.63) is 35.4 Å². The molecule has 5 nitrogen and oxygen atoms in total. The van der Waals surface area contributed by atoms with Gasteiger partial charge in [0.15, 0.2) is 0 Å². The molecule has 140 valence electrons. The number of aromatic nitrogens is 1. The van der Waals surface area contributed by atoms with Gasteiger partial charge in [0, 0.05) is 68.7 Å². The average molecular weight is 375 g/mol. The maximum atomic E-state index is 9.89. The summed E-state index contributed by atoms with van der Waals surface area (Å²) in [6, 6.07) is 9.97. The third-order valence-corrected chi connectivity index (χ3v) is 6.10. The Labute approximate surface area is 160 Å². The molecule has 2 aliphatic rings. The Morgan fingerprint density at radius 3 is 2.62 bits per heavy atom. The number of benzene rings is 1. The first-order valence-corrected chi connectivity index (χ1v) is 9.83. The van der Waals surface area contributed by atoms with Crippen molar-refractivity contribution in [3.63, 3.8) is 0 Å². The molecule has 4 rings (SSSR count). The number of aliphatic hydroxyl groups is 1. The molecule has 0 aliphatic carbocycles. The van der Waals surface area contributed by atoms with Gasteiger partial charge < -0.3 is 19.8 Å². The van der Waals surface area contributed by atoms with Crippen LogP contribution in [0.4, 0.5) is 5.82 Å². The van der Waals surface area contributed by atoms with E-state index in [1.54, 1.807) is 0 Å². The quantitative estimate of drug-likeness (QED) is 0.888. The number of nitrogens with zero attached hydrogens (tertiary/aromatic N) is 4. The molecule has 2 atom stereocenters. The van der Waals surface area contributed by atoms with Crippen LogP contribution in [0.25, 0.3) is 10.9 Å². The fourth-order valence-electron chi connectivity index (χ4n) is 4.16. The first-order chi connectivity index (χ1) is 12.6. The van der Waals surface area contributed by atoms with Crippen LogP contribution in [0.2, 0.25) is 5.02 Å². The van der Waals surface area contributed by atoms with Crippen LogP contribution in [-0.4, -0.2) is 79.4 Å². The lowest BCUT2D eigenvalue weighted by atomic mass is 9.96. The van der Waals surface area contributed by atoms with Crippen molar-refractivity contribution in [2.45, 2.75) is 0 Å². The average Bonchev–Trinajstić information content (AvgIpc) is 3.06. The van der Waals surface area contributed by atoms with Crippen LogP contribution >= 0.6 is 11.6 Å². The van der Waals surface area contributed by atoms with E-state index in [4.69, 9.17) is 16.6 Å². The van der Waals surface area contributed by atoms with Gasteiger partial charge in [-0.3, -0.25) is 0 Å². The summed E-state index contributed by atoms with van der Waals surface area (Å²) >= 11 is 6.07. The molecular formula is C20H27ClN4O. The molecule has 1 N–H and O–H groups in total. The third-order valence-electron chi connectivity index (χ3n) is 5.86. The summed E-state index contributed by atoms with van der Waals surface area (Å²) in [5.74, 6) is 1.81. The number of halogens is 1. The van der Waals surface area contributed by atoms with E-state index in [9.17, 15) is 5.11 Å². The van der Waals surface area contributed by atoms with E-state index in [0.29, 0.717) is 11.8 Å². The minimum Gasteiger partial charge on any atom is -0.396 e. The second-order valence-corrected chi connectivity index (χ2v) is 8.15. The lowest BCUT2D eigenvalue weighted by Crippen LogP contribution is -2.47. The number of pyridine rings is 1. The van der Waals surface area contributed by atoms with Crippen LogP contribution in [-0.2, 0) is 0 Å². The SMILES string of the molecule is CN1CCN(C[C@@H]2CN(c3ccc4cc(Cl)ccc4n3)C[C@@H]2CO)CC1. The summed E-state index contributed by atoms with van der Waals surface area (Å²) in [6.45, 7) is 7.67. The van der Waals surface area contributed by atoms with Crippen molar-refractivity contribution in [1.29, 1.82) is 0 Å². The van der Waals surface area contributed by atoms with Gasteiger partial charge in [0.25, 0.3) is 0 Å². The van der Waals surface area contributed by atoms with Crippen LogP contribution in [0.5, 0.6) is 0 Å². The lowest BCUT2D eigenvalue weighted by Gasteiger charge is -2.34. The summed E-state index contributed by atoms with van der Waals surface area (Å²) in [5.41, 5.74) is 0.968. The first-order valence-electron chi connectivity index (χ1n) is 9.45. The summed E-state index contributed by atoms with van der Waals surface area (Å²) in [6.07, 6.45) is 0. The molecule has 26 heavy (non-hydrogen) atoms. The van der Waals surface area contributed by atoms with Gasteiger partial charge in [-0.1, -0.05) is 11.6 Å². The molecule has 1 aromatic carbocycles. The van der Waals surface area contributed by atoms with Gasteiger partial charge in [0.1, 0.15) is 5.82 Å². The topological polar surface area (TPSA) is 42.8 Å². The number of likely N-dealkylation sites (N-methyl/N-ethyl adjacent to an activating group) is 1. The van der Waals surface area contributed by atoms with Crippen molar-refractivity contribution >= 4 is 28.3 Å². The van der Waals surface area contributed by atoms with E-state index >= 15 is 0 Å². The summed E-state index contributed by atoms with van der Waals surface area (Å²) in [4.78, 5) is 12.1. The molecule has 0 amide bonds. The summed E-state index contributed by atoms with van der Waals surface area (Å²) in [5, 5.41) is 11.7. The molecule has 2 aromatic rings. The lowest BCUT2D eigenvalue weighted by molar-refractivity contribution is 0.116. The van der Waals surface area contributed by atoms with E-state index in [2.05, 4.69) is 33.9 Å².